The third-order valence-corrected chi connectivity index (χ3v) is 5.32. The van der Waals surface area contributed by atoms with Gasteiger partial charge in [0.2, 0.25) is 5.91 Å². The molecule has 8 heteroatoms. The van der Waals surface area contributed by atoms with Crippen molar-refractivity contribution in [3.63, 3.8) is 0 Å². The molecule has 3 aromatic rings. The number of hydrogen-bond acceptors (Lipinski definition) is 5. The van der Waals surface area contributed by atoms with Crippen LogP contribution in [0.3, 0.4) is 0 Å². The van der Waals surface area contributed by atoms with E-state index in [0.717, 1.165) is 16.6 Å². The zero-order valence-electron chi connectivity index (χ0n) is 17.8. The van der Waals surface area contributed by atoms with Crippen LogP contribution in [0.4, 0.5) is 5.69 Å². The zero-order valence-corrected chi connectivity index (χ0v) is 17.8. The number of carbonyl (C=O) groups excluding carboxylic acids is 1. The highest BCUT2D eigenvalue weighted by molar-refractivity contribution is 5.93. The van der Waals surface area contributed by atoms with E-state index in [4.69, 9.17) is 9.47 Å². The molecule has 162 valence electrons. The minimum atomic E-state index is -0.516. The Morgan fingerprint density at radius 1 is 1.19 bits per heavy atom. The Hall–Kier alpha value is -3.55. The first kappa shape index (κ1) is 20.7. The number of rotatable bonds is 6. The van der Waals surface area contributed by atoms with Crippen molar-refractivity contribution in [3.8, 4) is 11.5 Å². The molecule has 0 spiro atoms. The lowest BCUT2D eigenvalue weighted by atomic mass is 10.1. The van der Waals surface area contributed by atoms with E-state index in [2.05, 4.69) is 5.32 Å². The molecule has 0 aliphatic carbocycles. The van der Waals surface area contributed by atoms with Crippen molar-refractivity contribution < 1.29 is 14.3 Å². The minimum absolute atomic E-state index is 0.0652. The number of nitrogens with zero attached hydrogens (tertiary/aromatic N) is 2. The summed E-state index contributed by atoms with van der Waals surface area (Å²) in [5, 5.41) is 3.24. The third-order valence-electron chi connectivity index (χ3n) is 5.32. The summed E-state index contributed by atoms with van der Waals surface area (Å²) in [7, 11) is 0. The maximum absolute atomic E-state index is 12.9. The summed E-state index contributed by atoms with van der Waals surface area (Å²) in [5.74, 6) is 0.872. The predicted octanol–water partition coefficient (Wildman–Crippen LogP) is 2.54. The molecular formula is C23H25N3O5. The summed E-state index contributed by atoms with van der Waals surface area (Å²) in [6.45, 7) is 6.01. The molecule has 0 saturated heterocycles. The van der Waals surface area contributed by atoms with E-state index < -0.39 is 11.6 Å². The van der Waals surface area contributed by atoms with Crippen LogP contribution < -0.4 is 26.0 Å². The first-order valence-corrected chi connectivity index (χ1v) is 10.4. The molecule has 1 aliphatic heterocycles. The van der Waals surface area contributed by atoms with Gasteiger partial charge in [0.05, 0.1) is 23.2 Å². The second-order valence-corrected chi connectivity index (χ2v) is 7.51. The number of aromatic nitrogens is 2. The molecule has 1 aromatic heterocycles. The molecule has 0 fully saturated rings. The molecule has 1 N–H and O–H groups in total. The average molecular weight is 423 g/mol. The van der Waals surface area contributed by atoms with Crippen LogP contribution in [0.15, 0.2) is 46.0 Å². The Morgan fingerprint density at radius 3 is 2.71 bits per heavy atom. The van der Waals surface area contributed by atoms with Crippen molar-refractivity contribution in [1.29, 1.82) is 0 Å². The van der Waals surface area contributed by atoms with Crippen molar-refractivity contribution in [1.82, 2.24) is 9.13 Å². The molecule has 31 heavy (non-hydrogen) atoms. The number of benzene rings is 2. The van der Waals surface area contributed by atoms with Crippen molar-refractivity contribution >= 4 is 22.5 Å². The van der Waals surface area contributed by atoms with E-state index in [1.54, 1.807) is 37.3 Å². The molecule has 1 atom stereocenters. The average Bonchev–Trinajstić information content (AvgIpc) is 3.10. The van der Waals surface area contributed by atoms with Gasteiger partial charge in [-0.1, -0.05) is 12.1 Å². The van der Waals surface area contributed by atoms with E-state index in [1.807, 2.05) is 19.9 Å². The van der Waals surface area contributed by atoms with E-state index >= 15 is 0 Å². The summed E-state index contributed by atoms with van der Waals surface area (Å²) in [5.41, 5.74) is 1.07. The van der Waals surface area contributed by atoms with Gasteiger partial charge in [-0.05, 0) is 39.0 Å². The highest BCUT2D eigenvalue weighted by Crippen LogP contribution is 2.38. The first-order chi connectivity index (χ1) is 14.9. The van der Waals surface area contributed by atoms with Gasteiger partial charge in [0.1, 0.15) is 24.1 Å². The van der Waals surface area contributed by atoms with Gasteiger partial charge < -0.3 is 14.8 Å². The quantitative estimate of drug-likeness (QED) is 0.658. The molecular weight excluding hydrogens is 398 g/mol. The van der Waals surface area contributed by atoms with Crippen LogP contribution in [-0.2, 0) is 24.3 Å². The van der Waals surface area contributed by atoms with Gasteiger partial charge in [0.25, 0.3) is 5.56 Å². The van der Waals surface area contributed by atoms with Gasteiger partial charge in [-0.15, -0.1) is 0 Å². The van der Waals surface area contributed by atoms with Gasteiger partial charge in [-0.3, -0.25) is 18.7 Å². The Kier molecular flexibility index (Phi) is 5.54. The monoisotopic (exact) mass is 423 g/mol. The van der Waals surface area contributed by atoms with Gasteiger partial charge in [-0.2, -0.15) is 0 Å². The van der Waals surface area contributed by atoms with Crippen molar-refractivity contribution in [2.75, 3.05) is 11.9 Å². The smallest absolute Gasteiger partial charge is 0.331 e. The number of amides is 1. The SMILES string of the molecule is CCOc1cc2c(cc1NC(=O)Cn1c(=O)n(CC)c(=O)c3ccccc31)O[C@@H](C)C2. The number of hydrogen-bond donors (Lipinski definition) is 1. The largest absolute Gasteiger partial charge is 0.492 e. The zero-order chi connectivity index (χ0) is 22.1. The number of carbonyl (C=O) groups is 1. The fourth-order valence-electron chi connectivity index (χ4n) is 3.95. The first-order valence-electron chi connectivity index (χ1n) is 10.4. The van der Waals surface area contributed by atoms with Crippen molar-refractivity contribution in [3.05, 3.63) is 62.8 Å². The van der Waals surface area contributed by atoms with E-state index in [9.17, 15) is 14.4 Å². The number of nitrogens with one attached hydrogen (secondary N) is 1. The Morgan fingerprint density at radius 2 is 1.97 bits per heavy atom. The fourth-order valence-corrected chi connectivity index (χ4v) is 3.95. The maximum atomic E-state index is 12.9. The van der Waals surface area contributed by atoms with Crippen LogP contribution in [0.5, 0.6) is 11.5 Å². The molecule has 2 heterocycles. The lowest BCUT2D eigenvalue weighted by Gasteiger charge is -2.15. The second kappa shape index (κ2) is 8.29. The van der Waals surface area contributed by atoms with Crippen LogP contribution >= 0.6 is 0 Å². The normalized spacial score (nSPS) is 14.9. The van der Waals surface area contributed by atoms with E-state index in [0.29, 0.717) is 34.7 Å². The summed E-state index contributed by atoms with van der Waals surface area (Å²) in [6.07, 6.45) is 0.847. The van der Waals surface area contributed by atoms with Crippen molar-refractivity contribution in [2.24, 2.45) is 0 Å². The fraction of sp³-hybridized carbons (Fsp3) is 0.348. The van der Waals surface area contributed by atoms with Gasteiger partial charge in [0.15, 0.2) is 0 Å². The molecule has 2 aromatic carbocycles. The molecule has 1 amide bonds. The highest BCUT2D eigenvalue weighted by atomic mass is 16.5. The van der Waals surface area contributed by atoms with Crippen molar-refractivity contribution in [2.45, 2.75) is 46.4 Å². The van der Waals surface area contributed by atoms with Crippen LogP contribution in [-0.4, -0.2) is 27.8 Å². The van der Waals surface area contributed by atoms with Gasteiger partial charge in [0, 0.05) is 24.6 Å². The molecule has 0 unspecified atom stereocenters. The third kappa shape index (κ3) is 3.81. The molecule has 1 aliphatic rings. The standard InChI is InChI=1S/C23H25N3O5/c1-4-25-22(28)16-8-6-7-9-18(16)26(23(25)29)13-21(27)24-17-12-19-15(10-14(3)31-19)11-20(17)30-5-2/h6-9,11-12,14H,4-5,10,13H2,1-3H3,(H,24,27)/t14-/m0/s1. The van der Waals surface area contributed by atoms with Crippen LogP contribution in [0, 0.1) is 0 Å². The van der Waals surface area contributed by atoms with E-state index in [-0.39, 0.29) is 24.8 Å². The lowest BCUT2D eigenvalue weighted by Crippen LogP contribution is -2.41. The predicted molar refractivity (Wildman–Crippen MR) is 118 cm³/mol. The molecule has 0 saturated carbocycles. The molecule has 0 bridgehead atoms. The Labute approximate surface area is 179 Å². The highest BCUT2D eigenvalue weighted by Gasteiger charge is 2.23. The number of fused-ring (bicyclic) bond motifs is 2. The minimum Gasteiger partial charge on any atom is -0.492 e. The number of para-hydroxylation sites is 1. The van der Waals surface area contributed by atoms with Crippen LogP contribution in [0.1, 0.15) is 26.3 Å². The maximum Gasteiger partial charge on any atom is 0.331 e. The molecule has 4 rings (SSSR count). The number of ether oxygens (including phenoxy) is 2. The molecule has 0 radical (unpaired) electrons. The second-order valence-electron chi connectivity index (χ2n) is 7.51. The summed E-state index contributed by atoms with van der Waals surface area (Å²) < 4.78 is 14.0. The summed E-state index contributed by atoms with van der Waals surface area (Å²) in [4.78, 5) is 38.4. The van der Waals surface area contributed by atoms with Crippen LogP contribution in [0.25, 0.3) is 10.9 Å². The lowest BCUT2D eigenvalue weighted by molar-refractivity contribution is -0.116. The van der Waals surface area contributed by atoms with Crippen LogP contribution in [0.2, 0.25) is 0 Å². The van der Waals surface area contributed by atoms with Gasteiger partial charge in [-0.25, -0.2) is 4.79 Å². The summed E-state index contributed by atoms with van der Waals surface area (Å²) >= 11 is 0. The van der Waals surface area contributed by atoms with Gasteiger partial charge >= 0.3 is 5.69 Å². The number of anilines is 1. The topological polar surface area (TPSA) is 91.6 Å². The van der Waals surface area contributed by atoms with E-state index in [1.165, 1.54) is 4.57 Å². The summed E-state index contributed by atoms with van der Waals surface area (Å²) in [6, 6.07) is 10.4. The Balaban J connectivity index is 1.69. The molecule has 8 nitrogen and oxygen atoms in total. The Bertz CT molecular complexity index is 1270.